The summed E-state index contributed by atoms with van der Waals surface area (Å²) in [4.78, 5) is 11.7. The number of carbonyl (C=O) groups is 1. The van der Waals surface area contributed by atoms with Crippen LogP contribution in [0.4, 0.5) is 13.2 Å². The van der Waals surface area contributed by atoms with Gasteiger partial charge in [-0.3, -0.25) is 4.79 Å². The lowest BCUT2D eigenvalue weighted by Gasteiger charge is -2.11. The first kappa shape index (κ1) is 15.8. The van der Waals surface area contributed by atoms with Crippen LogP contribution >= 0.6 is 0 Å². The van der Waals surface area contributed by atoms with Gasteiger partial charge >= 0.3 is 6.18 Å². The van der Waals surface area contributed by atoms with Crippen molar-refractivity contribution in [3.8, 4) is 0 Å². The van der Waals surface area contributed by atoms with Gasteiger partial charge < -0.3 is 15.7 Å². The molecule has 0 unspecified atom stereocenters. The van der Waals surface area contributed by atoms with Crippen LogP contribution in [0.15, 0.2) is 24.3 Å². The fourth-order valence-corrected chi connectivity index (χ4v) is 2.23. The van der Waals surface area contributed by atoms with Crippen molar-refractivity contribution in [3.05, 3.63) is 35.4 Å². The zero-order chi connectivity index (χ0) is 15.5. The van der Waals surface area contributed by atoms with Gasteiger partial charge in [-0.15, -0.1) is 0 Å². The third-order valence-corrected chi connectivity index (χ3v) is 3.42. The molecule has 1 aromatic rings. The summed E-state index contributed by atoms with van der Waals surface area (Å²) in [5.41, 5.74) is 0.0437. The lowest BCUT2D eigenvalue weighted by molar-refractivity contribution is -0.137. The molecule has 1 heterocycles. The molecule has 116 valence electrons. The van der Waals surface area contributed by atoms with Crippen LogP contribution in [0.1, 0.15) is 17.5 Å². The highest BCUT2D eigenvalue weighted by Gasteiger charge is 2.30. The van der Waals surface area contributed by atoms with Crippen LogP contribution in [-0.2, 0) is 17.4 Å². The van der Waals surface area contributed by atoms with Gasteiger partial charge in [0.15, 0.2) is 0 Å². The van der Waals surface area contributed by atoms with Gasteiger partial charge in [0.25, 0.3) is 0 Å². The summed E-state index contributed by atoms with van der Waals surface area (Å²) < 4.78 is 37.2. The fourth-order valence-electron chi connectivity index (χ4n) is 2.23. The van der Waals surface area contributed by atoms with Crippen molar-refractivity contribution in [3.63, 3.8) is 0 Å². The largest absolute Gasteiger partial charge is 0.416 e. The molecule has 2 rings (SSSR count). The number of nitrogens with one attached hydrogen (secondary N) is 2. The first-order valence-electron chi connectivity index (χ1n) is 6.71. The van der Waals surface area contributed by atoms with Crippen LogP contribution in [-0.4, -0.2) is 36.2 Å². The van der Waals surface area contributed by atoms with E-state index in [0.717, 1.165) is 17.7 Å². The van der Waals surface area contributed by atoms with Crippen LogP contribution in [0.5, 0.6) is 0 Å². The Morgan fingerprint density at radius 1 is 1.33 bits per heavy atom. The molecule has 1 fully saturated rings. The average molecular weight is 302 g/mol. The van der Waals surface area contributed by atoms with Gasteiger partial charge in [-0.2, -0.15) is 13.2 Å². The first-order chi connectivity index (χ1) is 9.86. The molecule has 0 aliphatic carbocycles. The van der Waals surface area contributed by atoms with Gasteiger partial charge in [-0.1, -0.05) is 12.1 Å². The van der Waals surface area contributed by atoms with E-state index in [-0.39, 0.29) is 5.91 Å². The number of halogens is 3. The lowest BCUT2D eigenvalue weighted by atomic mass is 10.1. The quantitative estimate of drug-likeness (QED) is 0.780. The molecular formula is C14H17F3N2O2. The van der Waals surface area contributed by atoms with Crippen molar-refractivity contribution in [1.29, 1.82) is 0 Å². The number of amides is 1. The minimum Gasteiger partial charge on any atom is -0.392 e. The van der Waals surface area contributed by atoms with E-state index in [0.29, 0.717) is 25.9 Å². The number of benzene rings is 1. The Labute approximate surface area is 120 Å². The molecule has 0 bridgehead atoms. The third kappa shape index (κ3) is 4.44. The summed E-state index contributed by atoms with van der Waals surface area (Å²) in [6.07, 6.45) is -4.00. The van der Waals surface area contributed by atoms with Crippen LogP contribution in [0.25, 0.3) is 0 Å². The number of carbonyl (C=O) groups excluding carboxylic acids is 1. The maximum Gasteiger partial charge on any atom is 0.416 e. The van der Waals surface area contributed by atoms with Gasteiger partial charge in [0, 0.05) is 13.1 Å². The molecule has 1 saturated heterocycles. The summed E-state index contributed by atoms with van der Waals surface area (Å²) in [6.45, 7) is 0.746. The SMILES string of the molecule is O=C(NCCc1ccc(C(F)(F)F)cc1)[C@@H]1C[C@H](O)CN1. The molecule has 1 aromatic carbocycles. The number of hydrogen-bond acceptors (Lipinski definition) is 3. The molecule has 0 aromatic heterocycles. The highest BCUT2D eigenvalue weighted by atomic mass is 19.4. The van der Waals surface area contributed by atoms with E-state index in [1.165, 1.54) is 12.1 Å². The minimum absolute atomic E-state index is 0.196. The van der Waals surface area contributed by atoms with Crippen molar-refractivity contribution >= 4 is 5.91 Å². The second kappa shape index (κ2) is 6.44. The van der Waals surface area contributed by atoms with E-state index in [1.807, 2.05) is 0 Å². The third-order valence-electron chi connectivity index (χ3n) is 3.42. The number of aliphatic hydroxyl groups excluding tert-OH is 1. The number of alkyl halides is 3. The molecule has 3 N–H and O–H groups in total. The van der Waals surface area contributed by atoms with Gasteiger partial charge in [0.2, 0.25) is 5.91 Å². The highest BCUT2D eigenvalue weighted by molar-refractivity contribution is 5.82. The highest BCUT2D eigenvalue weighted by Crippen LogP contribution is 2.29. The molecule has 1 amide bonds. The molecule has 21 heavy (non-hydrogen) atoms. The fraction of sp³-hybridized carbons (Fsp3) is 0.500. The topological polar surface area (TPSA) is 61.4 Å². The smallest absolute Gasteiger partial charge is 0.392 e. The summed E-state index contributed by atoms with van der Waals surface area (Å²) in [5, 5.41) is 14.9. The summed E-state index contributed by atoms with van der Waals surface area (Å²) in [5.74, 6) is -0.196. The normalized spacial score (nSPS) is 22.3. The minimum atomic E-state index is -4.33. The molecule has 7 heteroatoms. The number of rotatable bonds is 4. The van der Waals surface area contributed by atoms with Crippen molar-refractivity contribution in [2.75, 3.05) is 13.1 Å². The Bertz CT molecular complexity index is 488. The monoisotopic (exact) mass is 302 g/mol. The Balaban J connectivity index is 1.77. The zero-order valence-corrected chi connectivity index (χ0v) is 11.3. The molecule has 1 aliphatic rings. The van der Waals surface area contributed by atoms with Gasteiger partial charge in [-0.25, -0.2) is 0 Å². The molecule has 1 aliphatic heterocycles. The van der Waals surface area contributed by atoms with Crippen LogP contribution in [0.3, 0.4) is 0 Å². The summed E-state index contributed by atoms with van der Waals surface area (Å²) >= 11 is 0. The van der Waals surface area contributed by atoms with Crippen molar-refractivity contribution in [1.82, 2.24) is 10.6 Å². The van der Waals surface area contributed by atoms with E-state index in [1.54, 1.807) is 0 Å². The Morgan fingerprint density at radius 3 is 2.52 bits per heavy atom. The second-order valence-electron chi connectivity index (χ2n) is 5.09. The van der Waals surface area contributed by atoms with Gasteiger partial charge in [0.1, 0.15) is 0 Å². The summed E-state index contributed by atoms with van der Waals surface area (Å²) in [6, 6.07) is 4.49. The van der Waals surface area contributed by atoms with E-state index in [2.05, 4.69) is 10.6 Å². The molecular weight excluding hydrogens is 285 g/mol. The van der Waals surface area contributed by atoms with E-state index >= 15 is 0 Å². The zero-order valence-electron chi connectivity index (χ0n) is 11.3. The maximum absolute atomic E-state index is 12.4. The summed E-state index contributed by atoms with van der Waals surface area (Å²) in [7, 11) is 0. The van der Waals surface area contributed by atoms with E-state index < -0.39 is 23.9 Å². The number of hydrogen-bond donors (Lipinski definition) is 3. The predicted octanol–water partition coefficient (Wildman–Crippen LogP) is 1.09. The lowest BCUT2D eigenvalue weighted by Crippen LogP contribution is -2.41. The predicted molar refractivity (Wildman–Crippen MR) is 70.6 cm³/mol. The number of aliphatic hydroxyl groups is 1. The standard InChI is InChI=1S/C14H17F3N2O2/c15-14(16,17)10-3-1-9(2-4-10)5-6-18-13(21)12-7-11(20)8-19-12/h1-4,11-12,19-20H,5-8H2,(H,18,21)/t11-,12-/m0/s1. The van der Waals surface area contributed by atoms with Gasteiger partial charge in [-0.05, 0) is 30.5 Å². The van der Waals surface area contributed by atoms with E-state index in [4.69, 9.17) is 0 Å². The second-order valence-corrected chi connectivity index (χ2v) is 5.09. The first-order valence-corrected chi connectivity index (χ1v) is 6.71. The van der Waals surface area contributed by atoms with Crippen molar-refractivity contribution in [2.45, 2.75) is 31.2 Å². The Kier molecular flexibility index (Phi) is 4.84. The van der Waals surface area contributed by atoms with Crippen LogP contribution in [0.2, 0.25) is 0 Å². The Hall–Kier alpha value is -1.60. The average Bonchev–Trinajstić information content (AvgIpc) is 2.85. The molecule has 0 saturated carbocycles. The molecule has 4 nitrogen and oxygen atoms in total. The van der Waals surface area contributed by atoms with E-state index in [9.17, 15) is 23.1 Å². The molecule has 0 spiro atoms. The van der Waals surface area contributed by atoms with Crippen LogP contribution < -0.4 is 10.6 Å². The maximum atomic E-state index is 12.4. The molecule has 2 atom stereocenters. The van der Waals surface area contributed by atoms with Crippen LogP contribution in [0, 0.1) is 0 Å². The number of β-amino-alcohol motifs (C(OH)–C–C–N with tert-alkyl or cyclic N) is 1. The van der Waals surface area contributed by atoms with Gasteiger partial charge in [0.05, 0.1) is 17.7 Å². The van der Waals surface area contributed by atoms with Crippen molar-refractivity contribution < 1.29 is 23.1 Å². The van der Waals surface area contributed by atoms with Crippen molar-refractivity contribution in [2.24, 2.45) is 0 Å². The Morgan fingerprint density at radius 2 is 2.00 bits per heavy atom. The molecule has 0 radical (unpaired) electrons.